The zero-order valence-electron chi connectivity index (χ0n) is 10.0. The molecule has 1 atom stereocenters. The Balaban J connectivity index is 2.05. The minimum Gasteiger partial charge on any atom is -0.490 e. The van der Waals surface area contributed by atoms with Gasteiger partial charge in [-0.1, -0.05) is 13.0 Å². The third kappa shape index (κ3) is 2.67. The largest absolute Gasteiger partial charge is 0.490 e. The number of hydrogen-bond donors (Lipinski definition) is 2. The molecule has 0 radical (unpaired) electrons. The van der Waals surface area contributed by atoms with Gasteiger partial charge in [0.2, 0.25) is 0 Å². The van der Waals surface area contributed by atoms with Gasteiger partial charge in [0.25, 0.3) is 0 Å². The summed E-state index contributed by atoms with van der Waals surface area (Å²) in [6.45, 7) is 7.04. The minimum atomic E-state index is 0.521. The van der Waals surface area contributed by atoms with Crippen molar-refractivity contribution in [3.8, 4) is 5.75 Å². The van der Waals surface area contributed by atoms with Crippen molar-refractivity contribution in [3.05, 3.63) is 23.8 Å². The van der Waals surface area contributed by atoms with E-state index in [0.29, 0.717) is 6.04 Å². The standard InChI is InChI=1S/C13H20N2O/c1-3-14-10(2)8-11-4-5-13-12(9-11)15-6-7-16-13/h4-5,9-10,14-15H,3,6-8H2,1-2H3. The molecule has 1 unspecified atom stereocenters. The maximum Gasteiger partial charge on any atom is 0.142 e. The fourth-order valence-corrected chi connectivity index (χ4v) is 2.09. The predicted molar refractivity (Wildman–Crippen MR) is 67.3 cm³/mol. The third-order valence-electron chi connectivity index (χ3n) is 2.81. The topological polar surface area (TPSA) is 33.3 Å². The summed E-state index contributed by atoms with van der Waals surface area (Å²) in [6.07, 6.45) is 1.06. The predicted octanol–water partition coefficient (Wildman–Crippen LogP) is 2.03. The normalized spacial score (nSPS) is 15.9. The lowest BCUT2D eigenvalue weighted by molar-refractivity contribution is 0.323. The van der Waals surface area contributed by atoms with Gasteiger partial charge in [-0.25, -0.2) is 0 Å². The number of likely N-dealkylation sites (N-methyl/N-ethyl adjacent to an activating group) is 1. The van der Waals surface area contributed by atoms with Crippen LogP contribution in [0.1, 0.15) is 19.4 Å². The van der Waals surface area contributed by atoms with E-state index in [1.807, 2.05) is 0 Å². The molecule has 2 rings (SSSR count). The summed E-state index contributed by atoms with van der Waals surface area (Å²) >= 11 is 0. The lowest BCUT2D eigenvalue weighted by Crippen LogP contribution is -2.27. The number of rotatable bonds is 4. The smallest absolute Gasteiger partial charge is 0.142 e. The van der Waals surface area contributed by atoms with Crippen LogP contribution in [0.3, 0.4) is 0 Å². The summed E-state index contributed by atoms with van der Waals surface area (Å²) < 4.78 is 5.55. The highest BCUT2D eigenvalue weighted by Crippen LogP contribution is 2.28. The van der Waals surface area contributed by atoms with E-state index >= 15 is 0 Å². The summed E-state index contributed by atoms with van der Waals surface area (Å²) in [5.41, 5.74) is 2.48. The second kappa shape index (κ2) is 5.21. The fraction of sp³-hybridized carbons (Fsp3) is 0.538. The van der Waals surface area contributed by atoms with Crippen molar-refractivity contribution in [2.75, 3.05) is 25.0 Å². The van der Waals surface area contributed by atoms with Crippen molar-refractivity contribution >= 4 is 5.69 Å². The van der Waals surface area contributed by atoms with E-state index in [0.717, 1.165) is 37.6 Å². The van der Waals surface area contributed by atoms with Crippen LogP contribution in [-0.4, -0.2) is 25.7 Å². The van der Waals surface area contributed by atoms with E-state index in [-0.39, 0.29) is 0 Å². The van der Waals surface area contributed by atoms with Crippen LogP contribution in [0.15, 0.2) is 18.2 Å². The lowest BCUT2D eigenvalue weighted by Gasteiger charge is -2.20. The van der Waals surface area contributed by atoms with Gasteiger partial charge in [0, 0.05) is 12.6 Å². The lowest BCUT2D eigenvalue weighted by atomic mass is 10.1. The molecule has 1 heterocycles. The Kier molecular flexibility index (Phi) is 3.67. The summed E-state index contributed by atoms with van der Waals surface area (Å²) in [7, 11) is 0. The van der Waals surface area contributed by atoms with Gasteiger partial charge < -0.3 is 15.4 Å². The van der Waals surface area contributed by atoms with Crippen molar-refractivity contribution in [3.63, 3.8) is 0 Å². The molecule has 1 aromatic rings. The van der Waals surface area contributed by atoms with Crippen molar-refractivity contribution in [2.45, 2.75) is 26.3 Å². The van der Waals surface area contributed by atoms with E-state index in [1.165, 1.54) is 5.56 Å². The molecule has 1 aromatic carbocycles. The number of hydrogen-bond acceptors (Lipinski definition) is 3. The van der Waals surface area contributed by atoms with Gasteiger partial charge in [0.1, 0.15) is 12.4 Å². The summed E-state index contributed by atoms with van der Waals surface area (Å²) in [6, 6.07) is 6.94. The molecule has 0 aliphatic carbocycles. The molecule has 0 bridgehead atoms. The molecule has 0 saturated carbocycles. The highest BCUT2D eigenvalue weighted by atomic mass is 16.5. The Morgan fingerprint density at radius 2 is 2.38 bits per heavy atom. The molecule has 3 heteroatoms. The van der Waals surface area contributed by atoms with Crippen LogP contribution in [-0.2, 0) is 6.42 Å². The van der Waals surface area contributed by atoms with Crippen LogP contribution in [0.2, 0.25) is 0 Å². The maximum atomic E-state index is 5.55. The average molecular weight is 220 g/mol. The first-order chi connectivity index (χ1) is 7.79. The Bertz CT molecular complexity index is 352. The Morgan fingerprint density at radius 3 is 3.19 bits per heavy atom. The van der Waals surface area contributed by atoms with Crippen molar-refractivity contribution < 1.29 is 4.74 Å². The molecular formula is C13H20N2O. The van der Waals surface area contributed by atoms with Crippen LogP contribution < -0.4 is 15.4 Å². The minimum absolute atomic E-state index is 0.521. The Morgan fingerprint density at radius 1 is 1.50 bits per heavy atom. The van der Waals surface area contributed by atoms with Gasteiger partial charge in [0.05, 0.1) is 5.69 Å². The molecule has 0 spiro atoms. The van der Waals surface area contributed by atoms with Crippen molar-refractivity contribution in [1.29, 1.82) is 0 Å². The highest BCUT2D eigenvalue weighted by molar-refractivity contribution is 5.59. The summed E-state index contributed by atoms with van der Waals surface area (Å²) in [4.78, 5) is 0. The maximum absolute atomic E-state index is 5.55. The first kappa shape index (κ1) is 11.3. The number of fused-ring (bicyclic) bond motifs is 1. The molecule has 3 nitrogen and oxygen atoms in total. The van der Waals surface area contributed by atoms with Gasteiger partial charge in [-0.15, -0.1) is 0 Å². The number of anilines is 1. The average Bonchev–Trinajstić information content (AvgIpc) is 2.29. The fourth-order valence-electron chi connectivity index (χ4n) is 2.09. The molecule has 0 saturated heterocycles. The van der Waals surface area contributed by atoms with Gasteiger partial charge in [0.15, 0.2) is 0 Å². The second-order valence-electron chi connectivity index (χ2n) is 4.27. The first-order valence-corrected chi connectivity index (χ1v) is 6.02. The Hall–Kier alpha value is -1.22. The summed E-state index contributed by atoms with van der Waals surface area (Å²) in [5.74, 6) is 0.978. The number of ether oxygens (including phenoxy) is 1. The second-order valence-corrected chi connectivity index (χ2v) is 4.27. The van der Waals surface area contributed by atoms with Crippen LogP contribution in [0.4, 0.5) is 5.69 Å². The van der Waals surface area contributed by atoms with Crippen LogP contribution in [0.25, 0.3) is 0 Å². The van der Waals surface area contributed by atoms with Crippen molar-refractivity contribution in [2.24, 2.45) is 0 Å². The van der Waals surface area contributed by atoms with Crippen molar-refractivity contribution in [1.82, 2.24) is 5.32 Å². The van der Waals surface area contributed by atoms with Crippen LogP contribution in [0, 0.1) is 0 Å². The molecule has 0 amide bonds. The molecule has 2 N–H and O–H groups in total. The molecule has 1 aliphatic heterocycles. The van der Waals surface area contributed by atoms with Crippen LogP contribution >= 0.6 is 0 Å². The monoisotopic (exact) mass is 220 g/mol. The molecule has 0 aromatic heterocycles. The molecule has 1 aliphatic rings. The molecule has 88 valence electrons. The molecular weight excluding hydrogens is 200 g/mol. The molecule has 16 heavy (non-hydrogen) atoms. The van der Waals surface area contributed by atoms with Crippen LogP contribution in [0.5, 0.6) is 5.75 Å². The first-order valence-electron chi connectivity index (χ1n) is 6.02. The quantitative estimate of drug-likeness (QED) is 0.814. The van der Waals surface area contributed by atoms with E-state index < -0.39 is 0 Å². The zero-order chi connectivity index (χ0) is 11.4. The zero-order valence-corrected chi connectivity index (χ0v) is 10.0. The van der Waals surface area contributed by atoms with Gasteiger partial charge >= 0.3 is 0 Å². The number of benzene rings is 1. The van der Waals surface area contributed by atoms with Gasteiger partial charge in [-0.3, -0.25) is 0 Å². The highest BCUT2D eigenvalue weighted by Gasteiger charge is 2.10. The molecule has 0 fully saturated rings. The van der Waals surface area contributed by atoms with Gasteiger partial charge in [-0.05, 0) is 37.6 Å². The van der Waals surface area contributed by atoms with Gasteiger partial charge in [-0.2, -0.15) is 0 Å². The summed E-state index contributed by atoms with van der Waals surface area (Å²) in [5, 5.41) is 6.79. The van der Waals surface area contributed by atoms with E-state index in [4.69, 9.17) is 4.74 Å². The van der Waals surface area contributed by atoms with E-state index in [2.05, 4.69) is 42.7 Å². The Labute approximate surface area is 97.2 Å². The number of nitrogens with one attached hydrogen (secondary N) is 2. The van der Waals surface area contributed by atoms with E-state index in [9.17, 15) is 0 Å². The third-order valence-corrected chi connectivity index (χ3v) is 2.81. The van der Waals surface area contributed by atoms with E-state index in [1.54, 1.807) is 0 Å². The SMILES string of the molecule is CCNC(C)Cc1ccc2c(c1)NCCO2.